The lowest BCUT2D eigenvalue weighted by Crippen LogP contribution is -2.14. The first-order chi connectivity index (χ1) is 8.99. The van der Waals surface area contributed by atoms with E-state index in [1.165, 1.54) is 12.3 Å². The first kappa shape index (κ1) is 13.3. The van der Waals surface area contributed by atoms with E-state index >= 15 is 0 Å². The van der Waals surface area contributed by atoms with Gasteiger partial charge in [0.25, 0.3) is 5.91 Å². The maximum absolute atomic E-state index is 13.1. The molecule has 2 N–H and O–H groups in total. The third kappa shape index (κ3) is 2.82. The summed E-state index contributed by atoms with van der Waals surface area (Å²) in [5, 5.41) is 11.3. The molecule has 0 bridgehead atoms. The van der Waals surface area contributed by atoms with E-state index in [0.29, 0.717) is 0 Å². The average molecular weight is 328 g/mol. The quantitative estimate of drug-likeness (QED) is 0.907. The van der Waals surface area contributed by atoms with Gasteiger partial charge in [-0.1, -0.05) is 0 Å². The third-order valence-electron chi connectivity index (χ3n) is 2.32. The largest absolute Gasteiger partial charge is 0.478 e. The molecular formula is C12H7BrFNO4. The van der Waals surface area contributed by atoms with Crippen molar-refractivity contribution in [3.05, 3.63) is 52.1 Å². The van der Waals surface area contributed by atoms with Crippen LogP contribution in [0.5, 0.6) is 0 Å². The van der Waals surface area contributed by atoms with E-state index in [9.17, 15) is 14.0 Å². The highest BCUT2D eigenvalue weighted by Gasteiger charge is 2.17. The minimum Gasteiger partial charge on any atom is -0.478 e. The summed E-state index contributed by atoms with van der Waals surface area (Å²) in [6, 6.07) is 4.43. The number of aromatic carboxylic acids is 1. The monoisotopic (exact) mass is 327 g/mol. The Balaban J connectivity index is 2.33. The van der Waals surface area contributed by atoms with Gasteiger partial charge >= 0.3 is 5.97 Å². The number of carbonyl (C=O) groups is 2. The van der Waals surface area contributed by atoms with Crippen LogP contribution in [-0.4, -0.2) is 17.0 Å². The molecule has 1 aromatic heterocycles. The molecule has 2 aromatic rings. The molecule has 19 heavy (non-hydrogen) atoms. The molecule has 0 spiro atoms. The Morgan fingerprint density at radius 1 is 1.26 bits per heavy atom. The highest BCUT2D eigenvalue weighted by atomic mass is 79.9. The molecule has 0 saturated carbocycles. The number of rotatable bonds is 3. The summed E-state index contributed by atoms with van der Waals surface area (Å²) in [6.07, 6.45) is 1.29. The zero-order chi connectivity index (χ0) is 14.0. The number of hydrogen-bond donors (Lipinski definition) is 2. The lowest BCUT2D eigenvalue weighted by Gasteiger charge is -2.07. The lowest BCUT2D eigenvalue weighted by atomic mass is 10.1. The molecule has 7 heteroatoms. The molecule has 1 amide bonds. The van der Waals surface area contributed by atoms with Gasteiger partial charge in [-0.15, -0.1) is 0 Å². The van der Waals surface area contributed by atoms with Crippen LogP contribution in [0.3, 0.4) is 0 Å². The minimum atomic E-state index is -1.26. The number of carboxylic acids is 1. The first-order valence-electron chi connectivity index (χ1n) is 5.06. The van der Waals surface area contributed by atoms with Gasteiger partial charge in [0.15, 0.2) is 4.67 Å². The molecule has 0 atom stereocenters. The van der Waals surface area contributed by atoms with Gasteiger partial charge in [0.05, 0.1) is 23.1 Å². The topological polar surface area (TPSA) is 79.5 Å². The van der Waals surface area contributed by atoms with E-state index in [-0.39, 0.29) is 21.5 Å². The SMILES string of the molecule is O=C(O)c1ccc(F)cc1NC(=O)c1ccoc1Br. The number of furan rings is 1. The molecule has 0 saturated heterocycles. The maximum Gasteiger partial charge on any atom is 0.337 e. The van der Waals surface area contributed by atoms with Crippen LogP contribution in [0.1, 0.15) is 20.7 Å². The van der Waals surface area contributed by atoms with Gasteiger partial charge in [-0.25, -0.2) is 9.18 Å². The van der Waals surface area contributed by atoms with Crippen molar-refractivity contribution in [2.24, 2.45) is 0 Å². The average Bonchev–Trinajstić information content (AvgIpc) is 2.75. The number of hydrogen-bond acceptors (Lipinski definition) is 3. The summed E-state index contributed by atoms with van der Waals surface area (Å²) in [7, 11) is 0. The van der Waals surface area contributed by atoms with E-state index < -0.39 is 17.7 Å². The molecule has 2 rings (SSSR count). The van der Waals surface area contributed by atoms with Crippen molar-refractivity contribution < 1.29 is 23.5 Å². The highest BCUT2D eigenvalue weighted by Crippen LogP contribution is 2.22. The van der Waals surface area contributed by atoms with Gasteiger partial charge in [0.1, 0.15) is 5.82 Å². The van der Waals surface area contributed by atoms with Crippen LogP contribution in [-0.2, 0) is 0 Å². The molecule has 0 fully saturated rings. The van der Waals surface area contributed by atoms with Crippen molar-refractivity contribution in [1.29, 1.82) is 0 Å². The van der Waals surface area contributed by atoms with Crippen molar-refractivity contribution >= 4 is 33.5 Å². The van der Waals surface area contributed by atoms with Gasteiger partial charge in [0, 0.05) is 0 Å². The van der Waals surface area contributed by atoms with Crippen molar-refractivity contribution in [1.82, 2.24) is 0 Å². The standard InChI is InChI=1S/C12H7BrFNO4/c13-10-8(3-4-19-10)11(16)15-9-5-6(14)1-2-7(9)12(17)18/h1-5H,(H,15,16)(H,17,18). The van der Waals surface area contributed by atoms with Crippen molar-refractivity contribution in [2.75, 3.05) is 5.32 Å². The van der Waals surface area contributed by atoms with Crippen LogP contribution in [0.25, 0.3) is 0 Å². The van der Waals surface area contributed by atoms with Gasteiger partial charge in [-0.3, -0.25) is 4.79 Å². The Labute approximate surface area is 115 Å². The van der Waals surface area contributed by atoms with Crippen LogP contribution in [0.4, 0.5) is 10.1 Å². The Kier molecular flexibility index (Phi) is 3.66. The van der Waals surface area contributed by atoms with Gasteiger partial charge in [0.2, 0.25) is 0 Å². The fourth-order valence-electron chi connectivity index (χ4n) is 1.45. The summed E-state index contributed by atoms with van der Waals surface area (Å²) in [5.74, 6) is -2.51. The Morgan fingerprint density at radius 3 is 2.58 bits per heavy atom. The van der Waals surface area contributed by atoms with Gasteiger partial charge in [-0.2, -0.15) is 0 Å². The number of benzene rings is 1. The highest BCUT2D eigenvalue weighted by molar-refractivity contribution is 9.10. The first-order valence-corrected chi connectivity index (χ1v) is 5.85. The summed E-state index contributed by atoms with van der Waals surface area (Å²) in [5.41, 5.74) is -0.138. The van der Waals surface area contributed by atoms with Crippen LogP contribution >= 0.6 is 15.9 Å². The molecule has 0 aliphatic carbocycles. The molecule has 98 valence electrons. The summed E-state index contributed by atoms with van der Waals surface area (Å²) in [4.78, 5) is 22.8. The van der Waals surface area contributed by atoms with E-state index in [4.69, 9.17) is 9.52 Å². The van der Waals surface area contributed by atoms with Crippen LogP contribution in [0.15, 0.2) is 39.6 Å². The molecule has 1 heterocycles. The van der Waals surface area contributed by atoms with E-state index in [0.717, 1.165) is 18.2 Å². The molecule has 0 aliphatic heterocycles. The van der Waals surface area contributed by atoms with Gasteiger partial charge in [-0.05, 0) is 40.2 Å². The molecule has 0 radical (unpaired) electrons. The number of anilines is 1. The minimum absolute atomic E-state index is 0.120. The molecule has 1 aromatic carbocycles. The van der Waals surface area contributed by atoms with Crippen LogP contribution in [0.2, 0.25) is 0 Å². The second kappa shape index (κ2) is 5.23. The Bertz CT molecular complexity index is 653. The Hall–Kier alpha value is -2.15. The number of amides is 1. The van der Waals surface area contributed by atoms with Crippen molar-refractivity contribution in [2.45, 2.75) is 0 Å². The fourth-order valence-corrected chi connectivity index (χ4v) is 1.87. The second-order valence-electron chi connectivity index (χ2n) is 3.56. The normalized spacial score (nSPS) is 10.2. The van der Waals surface area contributed by atoms with Crippen molar-refractivity contribution in [3.63, 3.8) is 0 Å². The van der Waals surface area contributed by atoms with E-state index in [1.807, 2.05) is 0 Å². The zero-order valence-corrected chi connectivity index (χ0v) is 10.9. The zero-order valence-electron chi connectivity index (χ0n) is 9.31. The van der Waals surface area contributed by atoms with Crippen LogP contribution < -0.4 is 5.32 Å². The summed E-state index contributed by atoms with van der Waals surface area (Å²) >= 11 is 3.02. The van der Waals surface area contributed by atoms with E-state index in [1.54, 1.807) is 0 Å². The molecular weight excluding hydrogens is 321 g/mol. The molecule has 5 nitrogen and oxygen atoms in total. The maximum atomic E-state index is 13.1. The van der Waals surface area contributed by atoms with Gasteiger partial charge < -0.3 is 14.8 Å². The number of nitrogens with one attached hydrogen (secondary N) is 1. The van der Waals surface area contributed by atoms with E-state index in [2.05, 4.69) is 21.2 Å². The molecule has 0 aliphatic rings. The Morgan fingerprint density at radius 2 is 2.00 bits per heavy atom. The predicted molar refractivity (Wildman–Crippen MR) is 67.7 cm³/mol. The number of halogens is 2. The number of carbonyl (C=O) groups excluding carboxylic acids is 1. The van der Waals surface area contributed by atoms with Crippen molar-refractivity contribution in [3.8, 4) is 0 Å². The lowest BCUT2D eigenvalue weighted by molar-refractivity contribution is 0.0698. The summed E-state index contributed by atoms with van der Waals surface area (Å²) in [6.45, 7) is 0. The number of carboxylic acid groups (broad SMARTS) is 1. The van der Waals surface area contributed by atoms with Crippen LogP contribution in [0, 0.1) is 5.82 Å². The smallest absolute Gasteiger partial charge is 0.337 e. The third-order valence-corrected chi connectivity index (χ3v) is 2.94. The summed E-state index contributed by atoms with van der Waals surface area (Å²) < 4.78 is 18.2. The predicted octanol–water partition coefficient (Wildman–Crippen LogP) is 3.13. The molecule has 0 unspecified atom stereocenters. The second-order valence-corrected chi connectivity index (χ2v) is 4.28. The fraction of sp³-hybridized carbons (Fsp3) is 0.